The van der Waals surface area contributed by atoms with E-state index in [1.54, 1.807) is 19.4 Å². The molecule has 13 heteroatoms. The highest BCUT2D eigenvalue weighted by atomic mass is 19.3. The lowest BCUT2D eigenvalue weighted by Gasteiger charge is -2.57. The molecule has 0 unspecified atom stereocenters. The number of halogens is 3. The number of amides is 2. The summed E-state index contributed by atoms with van der Waals surface area (Å²) < 4.78 is 45.0. The van der Waals surface area contributed by atoms with Crippen LogP contribution in [0.5, 0.6) is 0 Å². The molecule has 3 fully saturated rings. The second-order valence-corrected chi connectivity index (χ2v) is 16.7. The highest BCUT2D eigenvalue weighted by Gasteiger charge is 2.56. The molecule has 4 aliphatic rings. The van der Waals surface area contributed by atoms with Crippen LogP contribution in [0, 0.1) is 12.7 Å². The number of hydrogen-bond donors (Lipinski definition) is 2. The van der Waals surface area contributed by atoms with Crippen LogP contribution >= 0.6 is 0 Å². The summed E-state index contributed by atoms with van der Waals surface area (Å²) in [5, 5.41) is 5.61. The Balaban J connectivity index is 1.16. The first-order chi connectivity index (χ1) is 25.7. The van der Waals surface area contributed by atoms with Crippen LogP contribution in [0.15, 0.2) is 36.8 Å². The van der Waals surface area contributed by atoms with Gasteiger partial charge in [-0.15, -0.1) is 0 Å². The van der Waals surface area contributed by atoms with Gasteiger partial charge in [-0.25, -0.2) is 23.1 Å². The number of fused-ring (bicyclic) bond motifs is 2. The number of imidazole rings is 1. The number of carbonyl (C=O) groups excluding carboxylic acids is 2. The zero-order valence-electron chi connectivity index (χ0n) is 31.9. The quantitative estimate of drug-likeness (QED) is 0.169. The van der Waals surface area contributed by atoms with Crippen molar-refractivity contribution in [2.45, 2.75) is 128 Å². The molecule has 1 saturated heterocycles. The number of alkyl halides is 2. The third kappa shape index (κ3) is 5.84. The van der Waals surface area contributed by atoms with E-state index in [0.29, 0.717) is 33.7 Å². The van der Waals surface area contributed by atoms with E-state index >= 15 is 4.39 Å². The number of carbonyl (C=O) groups is 2. The van der Waals surface area contributed by atoms with Crippen molar-refractivity contribution in [3.63, 3.8) is 0 Å². The number of likely N-dealkylation sites (tertiary alicyclic amines) is 1. The van der Waals surface area contributed by atoms with Crippen molar-refractivity contribution in [3.05, 3.63) is 59.4 Å². The van der Waals surface area contributed by atoms with Crippen molar-refractivity contribution in [2.24, 2.45) is 0 Å². The van der Waals surface area contributed by atoms with Gasteiger partial charge in [-0.1, -0.05) is 13.3 Å². The molecule has 8 rings (SSSR count). The Morgan fingerprint density at radius 2 is 1.76 bits per heavy atom. The molecule has 2 saturated carbocycles. The minimum absolute atomic E-state index is 0.0115. The van der Waals surface area contributed by atoms with Crippen LogP contribution in [0.1, 0.15) is 114 Å². The summed E-state index contributed by atoms with van der Waals surface area (Å²) in [7, 11) is 0. The van der Waals surface area contributed by atoms with E-state index in [4.69, 9.17) is 9.97 Å². The average Bonchev–Trinajstić information content (AvgIpc) is 3.73. The van der Waals surface area contributed by atoms with Crippen LogP contribution in [0.4, 0.5) is 30.4 Å². The molecule has 3 aromatic heterocycles. The SMILES string of the molecule is CCC1(N2CCCCC2)CC(N2C(=O)C(C)(C)c3ncc(-c4cc5ncn(C(C)C)c5c(Nc5cc(C(=O)NC6(C(F)F)CC6)c(C)cc5F)n4)cc32)C1. The Bertz CT molecular complexity index is 2150. The van der Waals surface area contributed by atoms with Gasteiger partial charge in [0.05, 0.1) is 40.0 Å². The molecule has 2 aliphatic heterocycles. The second kappa shape index (κ2) is 13.1. The summed E-state index contributed by atoms with van der Waals surface area (Å²) in [5.41, 5.74) is 2.13. The smallest absolute Gasteiger partial charge is 0.261 e. The van der Waals surface area contributed by atoms with Gasteiger partial charge in [-0.05, 0) is 122 Å². The molecule has 0 radical (unpaired) electrons. The monoisotopic (exact) mass is 742 g/mol. The van der Waals surface area contributed by atoms with Gasteiger partial charge in [-0.2, -0.15) is 0 Å². The number of pyridine rings is 2. The number of aryl methyl sites for hydroxylation is 1. The summed E-state index contributed by atoms with van der Waals surface area (Å²) >= 11 is 0. The van der Waals surface area contributed by atoms with Gasteiger partial charge in [0, 0.05) is 34.9 Å². The molecule has 1 aromatic carbocycles. The first-order valence-corrected chi connectivity index (χ1v) is 19.3. The molecule has 0 spiro atoms. The highest BCUT2D eigenvalue weighted by molar-refractivity contribution is 6.08. The van der Waals surface area contributed by atoms with Gasteiger partial charge in [0.1, 0.15) is 16.9 Å². The van der Waals surface area contributed by atoms with Gasteiger partial charge < -0.3 is 20.1 Å². The summed E-state index contributed by atoms with van der Waals surface area (Å²) in [6.07, 6.45) is 7.72. The molecule has 0 bridgehead atoms. The summed E-state index contributed by atoms with van der Waals surface area (Å²) in [6, 6.07) is 6.47. The van der Waals surface area contributed by atoms with Gasteiger partial charge in [0.2, 0.25) is 5.91 Å². The first-order valence-electron chi connectivity index (χ1n) is 19.3. The fourth-order valence-corrected chi connectivity index (χ4v) is 8.92. The Labute approximate surface area is 313 Å². The number of aromatic nitrogens is 4. The van der Waals surface area contributed by atoms with E-state index in [2.05, 4.69) is 27.4 Å². The maximum atomic E-state index is 15.7. The number of hydrogen-bond acceptors (Lipinski definition) is 7. The maximum absolute atomic E-state index is 15.7. The third-order valence-electron chi connectivity index (χ3n) is 12.5. The van der Waals surface area contributed by atoms with E-state index < -0.39 is 29.1 Å². The van der Waals surface area contributed by atoms with Gasteiger partial charge >= 0.3 is 0 Å². The molecular weight excluding hydrogens is 693 g/mol. The van der Waals surface area contributed by atoms with E-state index in [9.17, 15) is 18.4 Å². The molecule has 4 aromatic rings. The van der Waals surface area contributed by atoms with Crippen molar-refractivity contribution in [1.29, 1.82) is 0 Å². The molecule has 286 valence electrons. The van der Waals surface area contributed by atoms with E-state index in [0.717, 1.165) is 43.7 Å². The Morgan fingerprint density at radius 1 is 1.04 bits per heavy atom. The normalized spacial score (nSPS) is 23.2. The lowest BCUT2D eigenvalue weighted by Crippen LogP contribution is -2.65. The standard InChI is InChI=1S/C41H49F3N8O2/c1-7-40(50-13-9-8-10-14-50)19-26(20-40)52-32-16-25(21-45-34(32)39(5,6)38(52)54)29-18-31-33(51(22-46-31)23(2)3)35(47-29)48-30-17-27(24(4)15-28(30)42)36(53)49-41(11-12-41)37(43)44/h15-18,21-23,26,37H,7-14,19-20H2,1-6H3,(H,47,48)(H,49,53). The molecule has 2 N–H and O–H groups in total. The predicted octanol–water partition coefficient (Wildman–Crippen LogP) is 8.21. The van der Waals surface area contributed by atoms with Crippen LogP contribution in [0.2, 0.25) is 0 Å². The van der Waals surface area contributed by atoms with Crippen molar-refractivity contribution in [2.75, 3.05) is 23.3 Å². The largest absolute Gasteiger partial charge is 0.341 e. The van der Waals surface area contributed by atoms with E-state index in [-0.39, 0.29) is 47.6 Å². The molecule has 2 aliphatic carbocycles. The number of rotatable bonds is 10. The molecule has 2 amide bonds. The predicted molar refractivity (Wildman–Crippen MR) is 203 cm³/mol. The fourth-order valence-electron chi connectivity index (χ4n) is 8.92. The average molecular weight is 743 g/mol. The minimum atomic E-state index is -2.69. The van der Waals surface area contributed by atoms with Crippen molar-refractivity contribution >= 4 is 40.0 Å². The second-order valence-electron chi connectivity index (χ2n) is 16.7. The summed E-state index contributed by atoms with van der Waals surface area (Å²) in [6.45, 7) is 13.9. The topological polar surface area (TPSA) is 108 Å². The van der Waals surface area contributed by atoms with Crippen LogP contribution in [0.3, 0.4) is 0 Å². The number of piperidine rings is 1. The van der Waals surface area contributed by atoms with Crippen molar-refractivity contribution in [3.8, 4) is 11.3 Å². The Hall–Kier alpha value is -4.52. The Morgan fingerprint density at radius 3 is 2.41 bits per heavy atom. The van der Waals surface area contributed by atoms with Gasteiger partial charge in [0.15, 0.2) is 5.82 Å². The first kappa shape index (κ1) is 36.5. The van der Waals surface area contributed by atoms with Gasteiger partial charge in [-0.3, -0.25) is 19.5 Å². The number of nitrogens with zero attached hydrogens (tertiary/aromatic N) is 6. The van der Waals surface area contributed by atoms with Gasteiger partial charge in [0.25, 0.3) is 12.3 Å². The molecule has 10 nitrogen and oxygen atoms in total. The zero-order valence-corrected chi connectivity index (χ0v) is 31.9. The highest BCUT2D eigenvalue weighted by Crippen LogP contribution is 2.51. The molecule has 54 heavy (non-hydrogen) atoms. The lowest BCUT2D eigenvalue weighted by atomic mass is 9.68. The molecule has 0 atom stereocenters. The van der Waals surface area contributed by atoms with Crippen LogP contribution < -0.4 is 15.5 Å². The number of anilines is 3. The fraction of sp³-hybridized carbons (Fsp3) is 0.537. The maximum Gasteiger partial charge on any atom is 0.261 e. The third-order valence-corrected chi connectivity index (χ3v) is 12.5. The van der Waals surface area contributed by atoms with E-state index in [1.165, 1.54) is 31.4 Å². The molecular formula is C41H49F3N8O2. The zero-order chi connectivity index (χ0) is 38.3. The summed E-state index contributed by atoms with van der Waals surface area (Å²) in [5.74, 6) is -0.958. The minimum Gasteiger partial charge on any atom is -0.341 e. The molecule has 5 heterocycles. The van der Waals surface area contributed by atoms with Crippen LogP contribution in [-0.2, 0) is 10.2 Å². The van der Waals surface area contributed by atoms with Crippen LogP contribution in [-0.4, -0.2) is 72.9 Å². The number of benzene rings is 1. The van der Waals surface area contributed by atoms with Crippen molar-refractivity contribution < 1.29 is 22.8 Å². The Kier molecular flexibility index (Phi) is 8.82. The lowest BCUT2D eigenvalue weighted by molar-refractivity contribution is -0.124. The van der Waals surface area contributed by atoms with E-state index in [1.807, 2.05) is 49.3 Å². The van der Waals surface area contributed by atoms with Crippen LogP contribution in [0.25, 0.3) is 22.3 Å². The van der Waals surface area contributed by atoms with Crippen molar-refractivity contribution in [1.82, 2.24) is 29.7 Å². The number of nitrogens with one attached hydrogen (secondary N) is 2. The summed E-state index contributed by atoms with van der Waals surface area (Å²) in [4.78, 5) is 46.5.